The normalized spacial score (nSPS) is 11.7. The number of hydrogen-bond donors (Lipinski definition) is 1. The van der Waals surface area contributed by atoms with E-state index in [0.717, 1.165) is 17.5 Å². The maximum absolute atomic E-state index is 14.6. The molecule has 0 aliphatic carbocycles. The van der Waals surface area contributed by atoms with Crippen LogP contribution in [-0.2, 0) is 28.3 Å². The second-order valence-corrected chi connectivity index (χ2v) is 10.2. The van der Waals surface area contributed by atoms with E-state index in [1.807, 2.05) is 43.3 Å². The van der Waals surface area contributed by atoms with Crippen molar-refractivity contribution in [2.75, 3.05) is 12.3 Å². The molecule has 0 saturated heterocycles. The van der Waals surface area contributed by atoms with Crippen LogP contribution in [0.2, 0.25) is 10.0 Å². The van der Waals surface area contributed by atoms with Gasteiger partial charge in [-0.25, -0.2) is 4.39 Å². The van der Waals surface area contributed by atoms with Crippen molar-refractivity contribution in [3.63, 3.8) is 0 Å². The van der Waals surface area contributed by atoms with Crippen molar-refractivity contribution >= 4 is 46.8 Å². The van der Waals surface area contributed by atoms with Gasteiger partial charge in [-0.05, 0) is 35.7 Å². The average Bonchev–Trinajstić information content (AvgIpc) is 2.88. The molecule has 1 N–H and O–H groups in total. The molecular formula is C28H29Cl2FN2O2S. The predicted octanol–water partition coefficient (Wildman–Crippen LogP) is 6.53. The van der Waals surface area contributed by atoms with Gasteiger partial charge in [0.2, 0.25) is 11.8 Å². The van der Waals surface area contributed by atoms with E-state index < -0.39 is 11.9 Å². The van der Waals surface area contributed by atoms with Gasteiger partial charge in [-0.3, -0.25) is 9.59 Å². The van der Waals surface area contributed by atoms with Crippen LogP contribution < -0.4 is 5.32 Å². The number of amides is 2. The Kier molecular flexibility index (Phi) is 11.1. The Morgan fingerprint density at radius 2 is 1.69 bits per heavy atom. The Morgan fingerprint density at radius 3 is 2.39 bits per heavy atom. The number of nitrogens with one attached hydrogen (secondary N) is 1. The summed E-state index contributed by atoms with van der Waals surface area (Å²) in [5.74, 6) is -0.232. The summed E-state index contributed by atoms with van der Waals surface area (Å²) in [5.41, 5.74) is 2.22. The van der Waals surface area contributed by atoms with E-state index in [4.69, 9.17) is 23.2 Å². The number of benzene rings is 3. The molecule has 0 aliphatic rings. The molecule has 0 aromatic heterocycles. The van der Waals surface area contributed by atoms with Gasteiger partial charge in [0.25, 0.3) is 0 Å². The summed E-state index contributed by atoms with van der Waals surface area (Å²) >= 11 is 13.5. The zero-order valence-electron chi connectivity index (χ0n) is 20.1. The van der Waals surface area contributed by atoms with Gasteiger partial charge >= 0.3 is 0 Å². The molecule has 190 valence electrons. The highest BCUT2D eigenvalue weighted by Crippen LogP contribution is 2.25. The Hall–Kier alpha value is -2.54. The monoisotopic (exact) mass is 546 g/mol. The van der Waals surface area contributed by atoms with E-state index in [0.29, 0.717) is 34.3 Å². The molecule has 2 amide bonds. The number of halogens is 3. The maximum atomic E-state index is 14.6. The van der Waals surface area contributed by atoms with Crippen molar-refractivity contribution in [1.82, 2.24) is 10.2 Å². The maximum Gasteiger partial charge on any atom is 0.243 e. The Labute approximate surface area is 226 Å². The van der Waals surface area contributed by atoms with Gasteiger partial charge in [-0.2, -0.15) is 0 Å². The standard InChI is InChI=1S/C28H29Cl2FN2O2S/c1-2-14-32-28(35)26(16-20-8-4-3-5-9-20)33(17-22-10-6-7-11-25(22)31)27(34)19-36-18-21-12-13-23(29)24(30)15-21/h3-13,15,26H,2,14,16-19H2,1H3,(H,32,35)/t26-/m0/s1. The molecular weight excluding hydrogens is 518 g/mol. The van der Waals surface area contributed by atoms with Crippen LogP contribution in [0.4, 0.5) is 4.39 Å². The summed E-state index contributed by atoms with van der Waals surface area (Å²) in [7, 11) is 0. The summed E-state index contributed by atoms with van der Waals surface area (Å²) < 4.78 is 14.6. The van der Waals surface area contributed by atoms with E-state index >= 15 is 0 Å². The number of rotatable bonds is 12. The first kappa shape index (κ1) is 28.0. The molecule has 0 spiro atoms. The van der Waals surface area contributed by atoms with Gasteiger partial charge in [-0.1, -0.05) is 84.7 Å². The van der Waals surface area contributed by atoms with Crippen LogP contribution in [0.1, 0.15) is 30.0 Å². The van der Waals surface area contributed by atoms with Gasteiger partial charge in [0, 0.05) is 30.8 Å². The highest BCUT2D eigenvalue weighted by Gasteiger charge is 2.30. The molecule has 0 radical (unpaired) electrons. The fourth-order valence-corrected chi connectivity index (χ4v) is 4.88. The zero-order valence-corrected chi connectivity index (χ0v) is 22.4. The van der Waals surface area contributed by atoms with Crippen LogP contribution in [0.25, 0.3) is 0 Å². The molecule has 0 aliphatic heterocycles. The van der Waals surface area contributed by atoms with Gasteiger partial charge in [0.15, 0.2) is 0 Å². The number of hydrogen-bond acceptors (Lipinski definition) is 3. The van der Waals surface area contributed by atoms with E-state index in [1.54, 1.807) is 30.3 Å². The fourth-order valence-electron chi connectivity index (χ4n) is 3.70. The Balaban J connectivity index is 1.84. The third-order valence-electron chi connectivity index (χ3n) is 5.60. The number of nitrogens with zero attached hydrogens (tertiary/aromatic N) is 1. The first-order valence-electron chi connectivity index (χ1n) is 11.7. The summed E-state index contributed by atoms with van der Waals surface area (Å²) in [5, 5.41) is 3.85. The van der Waals surface area contributed by atoms with E-state index in [-0.39, 0.29) is 24.1 Å². The molecule has 3 aromatic carbocycles. The third kappa shape index (κ3) is 8.26. The number of carbonyl (C=O) groups excluding carboxylic acids is 2. The largest absolute Gasteiger partial charge is 0.354 e. The highest BCUT2D eigenvalue weighted by molar-refractivity contribution is 7.99. The van der Waals surface area contributed by atoms with E-state index in [1.165, 1.54) is 22.7 Å². The summed E-state index contributed by atoms with van der Waals surface area (Å²) in [6.07, 6.45) is 1.10. The second kappa shape index (κ2) is 14.3. The zero-order chi connectivity index (χ0) is 25.9. The van der Waals surface area contributed by atoms with Crippen LogP contribution in [0.3, 0.4) is 0 Å². The van der Waals surface area contributed by atoms with Gasteiger partial charge < -0.3 is 10.2 Å². The Morgan fingerprint density at radius 1 is 0.972 bits per heavy atom. The van der Waals surface area contributed by atoms with Gasteiger partial charge in [0.1, 0.15) is 11.9 Å². The van der Waals surface area contributed by atoms with E-state index in [9.17, 15) is 14.0 Å². The SMILES string of the molecule is CCCNC(=O)[C@H](Cc1ccccc1)N(Cc1ccccc1F)C(=O)CSCc1ccc(Cl)c(Cl)c1. The number of carbonyl (C=O) groups is 2. The van der Waals surface area contributed by atoms with Crippen molar-refractivity contribution < 1.29 is 14.0 Å². The fraction of sp³-hybridized carbons (Fsp3) is 0.286. The lowest BCUT2D eigenvalue weighted by molar-refractivity contribution is -0.139. The molecule has 3 aromatic rings. The number of thioether (sulfide) groups is 1. The van der Waals surface area contributed by atoms with Crippen molar-refractivity contribution in [2.24, 2.45) is 0 Å². The van der Waals surface area contributed by atoms with Crippen LogP contribution in [0.5, 0.6) is 0 Å². The molecule has 3 rings (SSSR count). The molecule has 0 fully saturated rings. The molecule has 36 heavy (non-hydrogen) atoms. The van der Waals surface area contributed by atoms with Crippen molar-refractivity contribution in [2.45, 2.75) is 38.1 Å². The van der Waals surface area contributed by atoms with Crippen LogP contribution >= 0.6 is 35.0 Å². The summed E-state index contributed by atoms with van der Waals surface area (Å²) in [4.78, 5) is 28.3. The molecule has 4 nitrogen and oxygen atoms in total. The quantitative estimate of drug-likeness (QED) is 0.281. The van der Waals surface area contributed by atoms with Crippen LogP contribution in [0.15, 0.2) is 72.8 Å². The molecule has 0 bridgehead atoms. The molecule has 1 atom stereocenters. The average molecular weight is 548 g/mol. The lowest BCUT2D eigenvalue weighted by atomic mass is 10.0. The van der Waals surface area contributed by atoms with E-state index in [2.05, 4.69) is 5.32 Å². The minimum atomic E-state index is -0.781. The highest BCUT2D eigenvalue weighted by atomic mass is 35.5. The van der Waals surface area contributed by atoms with Gasteiger partial charge in [-0.15, -0.1) is 11.8 Å². The van der Waals surface area contributed by atoms with Crippen LogP contribution in [-0.4, -0.2) is 35.1 Å². The molecule has 8 heteroatoms. The first-order chi connectivity index (χ1) is 17.4. The minimum absolute atomic E-state index is 0.00408. The smallest absolute Gasteiger partial charge is 0.243 e. The van der Waals surface area contributed by atoms with Gasteiger partial charge in [0.05, 0.1) is 15.8 Å². The Bertz CT molecular complexity index is 1160. The lowest BCUT2D eigenvalue weighted by Gasteiger charge is -2.31. The minimum Gasteiger partial charge on any atom is -0.354 e. The van der Waals surface area contributed by atoms with Crippen molar-refractivity contribution in [3.8, 4) is 0 Å². The molecule has 0 saturated carbocycles. The lowest BCUT2D eigenvalue weighted by Crippen LogP contribution is -2.51. The van der Waals surface area contributed by atoms with Crippen molar-refractivity contribution in [3.05, 3.63) is 105 Å². The topological polar surface area (TPSA) is 49.4 Å². The molecule has 0 heterocycles. The first-order valence-corrected chi connectivity index (χ1v) is 13.7. The predicted molar refractivity (Wildman–Crippen MR) is 147 cm³/mol. The second-order valence-electron chi connectivity index (χ2n) is 8.35. The third-order valence-corrected chi connectivity index (χ3v) is 7.32. The van der Waals surface area contributed by atoms with Crippen LogP contribution in [0, 0.1) is 5.82 Å². The van der Waals surface area contributed by atoms with Crippen molar-refractivity contribution in [1.29, 1.82) is 0 Å². The molecule has 0 unspecified atom stereocenters. The summed E-state index contributed by atoms with van der Waals surface area (Å²) in [6.45, 7) is 2.46. The summed E-state index contributed by atoms with van der Waals surface area (Å²) in [6, 6.07) is 20.4.